The number of aromatic amines is 1. The molecule has 2 aromatic heterocycles. The van der Waals surface area contributed by atoms with Gasteiger partial charge in [0.05, 0.1) is 5.39 Å². The van der Waals surface area contributed by atoms with Gasteiger partial charge >= 0.3 is 5.69 Å². The van der Waals surface area contributed by atoms with Gasteiger partial charge in [0.25, 0.3) is 11.5 Å². The van der Waals surface area contributed by atoms with E-state index in [0.717, 1.165) is 0 Å². The number of carbonyl (C=O) groups excluding carboxylic acids is 1. The van der Waals surface area contributed by atoms with Crippen molar-refractivity contribution < 1.29 is 9.53 Å². The monoisotopic (exact) mass is 394 g/mol. The molecular formula is C21H22N4O4. The highest BCUT2D eigenvalue weighted by atomic mass is 16.5. The quantitative estimate of drug-likeness (QED) is 0.727. The average Bonchev–Trinajstić information content (AvgIpc) is 2.74. The summed E-state index contributed by atoms with van der Waals surface area (Å²) in [6, 6.07) is 12.3. The lowest BCUT2D eigenvalue weighted by Crippen LogP contribution is -2.48. The number of aromatic nitrogens is 3. The first-order chi connectivity index (χ1) is 14.0. The zero-order valence-corrected chi connectivity index (χ0v) is 16.1. The highest BCUT2D eigenvalue weighted by Gasteiger charge is 2.29. The highest BCUT2D eigenvalue weighted by Crippen LogP contribution is 2.21. The fourth-order valence-electron chi connectivity index (χ4n) is 3.75. The molecule has 1 aromatic carbocycles. The number of amides is 1. The van der Waals surface area contributed by atoms with Gasteiger partial charge in [-0.1, -0.05) is 18.2 Å². The standard InChI is InChI=1S/C21H22N4O4/c1-14(29-16-6-3-2-4-7-16)19(26)24-12-9-15(10-13-24)25-20(27)17-8-5-11-22-18(17)23-21(25)28/h2-8,11,14-15H,9-10,12-13H2,1H3,(H,22,23,28)/t14-/m1/s1. The molecule has 3 aromatic rings. The van der Waals surface area contributed by atoms with Gasteiger partial charge < -0.3 is 9.64 Å². The van der Waals surface area contributed by atoms with Crippen LogP contribution in [-0.4, -0.2) is 44.5 Å². The van der Waals surface area contributed by atoms with Crippen LogP contribution in [-0.2, 0) is 4.79 Å². The van der Waals surface area contributed by atoms with Crippen LogP contribution in [0.2, 0.25) is 0 Å². The molecule has 1 aliphatic heterocycles. The second-order valence-corrected chi connectivity index (χ2v) is 7.13. The highest BCUT2D eigenvalue weighted by molar-refractivity contribution is 5.81. The Morgan fingerprint density at radius 3 is 2.59 bits per heavy atom. The molecule has 8 heteroatoms. The van der Waals surface area contributed by atoms with Crippen molar-refractivity contribution in [2.24, 2.45) is 0 Å². The topological polar surface area (TPSA) is 97.3 Å². The zero-order valence-electron chi connectivity index (χ0n) is 16.1. The number of para-hydroxylation sites is 1. The van der Waals surface area contributed by atoms with E-state index in [1.54, 1.807) is 24.0 Å². The molecule has 1 fully saturated rings. The number of rotatable bonds is 4. The third-order valence-corrected chi connectivity index (χ3v) is 5.25. The molecule has 0 aliphatic carbocycles. The molecule has 8 nitrogen and oxygen atoms in total. The number of piperidine rings is 1. The minimum absolute atomic E-state index is 0.101. The number of likely N-dealkylation sites (tertiary alicyclic amines) is 1. The molecule has 4 rings (SSSR count). The number of nitrogens with zero attached hydrogens (tertiary/aromatic N) is 3. The average molecular weight is 394 g/mol. The molecule has 1 aliphatic rings. The van der Waals surface area contributed by atoms with Crippen LogP contribution in [0.4, 0.5) is 0 Å². The van der Waals surface area contributed by atoms with Crippen LogP contribution in [0.15, 0.2) is 58.3 Å². The second kappa shape index (κ2) is 7.90. The van der Waals surface area contributed by atoms with Crippen molar-refractivity contribution >= 4 is 16.9 Å². The van der Waals surface area contributed by atoms with Gasteiger partial charge in [0.15, 0.2) is 6.10 Å². The van der Waals surface area contributed by atoms with Crippen molar-refractivity contribution in [3.8, 4) is 5.75 Å². The molecule has 1 N–H and O–H groups in total. The van der Waals surface area contributed by atoms with Gasteiger partial charge in [0, 0.05) is 25.3 Å². The lowest BCUT2D eigenvalue weighted by molar-refractivity contribution is -0.139. The van der Waals surface area contributed by atoms with Crippen molar-refractivity contribution in [1.82, 2.24) is 19.4 Å². The summed E-state index contributed by atoms with van der Waals surface area (Å²) in [5.41, 5.74) is -0.521. The smallest absolute Gasteiger partial charge is 0.330 e. The van der Waals surface area contributed by atoms with E-state index >= 15 is 0 Å². The molecule has 1 atom stereocenters. The first-order valence-corrected chi connectivity index (χ1v) is 9.64. The molecular weight excluding hydrogens is 372 g/mol. The van der Waals surface area contributed by atoms with E-state index in [2.05, 4.69) is 9.97 Å². The summed E-state index contributed by atoms with van der Waals surface area (Å²) in [7, 11) is 0. The van der Waals surface area contributed by atoms with Gasteiger partial charge in [-0.2, -0.15) is 0 Å². The third-order valence-electron chi connectivity index (χ3n) is 5.25. The van der Waals surface area contributed by atoms with Crippen LogP contribution in [0.1, 0.15) is 25.8 Å². The molecule has 1 amide bonds. The number of hydrogen-bond acceptors (Lipinski definition) is 5. The van der Waals surface area contributed by atoms with E-state index in [9.17, 15) is 14.4 Å². The number of hydrogen-bond donors (Lipinski definition) is 1. The van der Waals surface area contributed by atoms with Crippen LogP contribution < -0.4 is 16.0 Å². The Morgan fingerprint density at radius 1 is 1.14 bits per heavy atom. The predicted octanol–water partition coefficient (Wildman–Crippen LogP) is 1.72. The first kappa shape index (κ1) is 18.9. The Kier molecular flexibility index (Phi) is 5.16. The largest absolute Gasteiger partial charge is 0.481 e. The Labute approximate surface area is 166 Å². The molecule has 0 spiro atoms. The normalized spacial score (nSPS) is 16.0. The minimum atomic E-state index is -0.605. The van der Waals surface area contributed by atoms with E-state index in [4.69, 9.17) is 4.74 Å². The van der Waals surface area contributed by atoms with E-state index in [1.807, 2.05) is 30.3 Å². The summed E-state index contributed by atoms with van der Waals surface area (Å²) >= 11 is 0. The van der Waals surface area contributed by atoms with Crippen molar-refractivity contribution in [1.29, 1.82) is 0 Å². The Hall–Kier alpha value is -3.42. The van der Waals surface area contributed by atoms with Crippen molar-refractivity contribution in [3.05, 3.63) is 69.5 Å². The van der Waals surface area contributed by atoms with Gasteiger partial charge in [-0.3, -0.25) is 19.1 Å². The second-order valence-electron chi connectivity index (χ2n) is 7.13. The van der Waals surface area contributed by atoms with E-state index in [1.165, 1.54) is 10.8 Å². The number of nitrogens with one attached hydrogen (secondary N) is 1. The number of H-pyrrole nitrogens is 1. The lowest BCUT2D eigenvalue weighted by atomic mass is 10.0. The summed E-state index contributed by atoms with van der Waals surface area (Å²) in [6.07, 6.45) is 1.98. The molecule has 0 bridgehead atoms. The number of ether oxygens (including phenoxy) is 1. The number of carbonyl (C=O) groups is 1. The van der Waals surface area contributed by atoms with Crippen LogP contribution >= 0.6 is 0 Å². The lowest BCUT2D eigenvalue weighted by Gasteiger charge is -2.33. The van der Waals surface area contributed by atoms with Gasteiger partial charge in [-0.25, -0.2) is 9.78 Å². The van der Waals surface area contributed by atoms with Crippen LogP contribution in [0.3, 0.4) is 0 Å². The summed E-state index contributed by atoms with van der Waals surface area (Å²) in [5, 5.41) is 0.385. The maximum absolute atomic E-state index is 12.8. The summed E-state index contributed by atoms with van der Waals surface area (Å²) in [6.45, 7) is 2.65. The Morgan fingerprint density at radius 2 is 1.86 bits per heavy atom. The molecule has 0 radical (unpaired) electrons. The molecule has 150 valence electrons. The number of benzene rings is 1. The maximum Gasteiger partial charge on any atom is 0.330 e. The van der Waals surface area contributed by atoms with Gasteiger partial charge in [-0.05, 0) is 44.0 Å². The SMILES string of the molecule is C[C@@H](Oc1ccccc1)C(=O)N1CCC(n2c(=O)[nH]c3ncccc3c2=O)CC1. The molecule has 1 saturated heterocycles. The summed E-state index contributed by atoms with van der Waals surface area (Å²) < 4.78 is 6.98. The Balaban J connectivity index is 1.46. The molecule has 0 saturated carbocycles. The van der Waals surface area contributed by atoms with Crippen LogP contribution in [0, 0.1) is 0 Å². The maximum atomic E-state index is 12.8. The zero-order chi connectivity index (χ0) is 20.4. The van der Waals surface area contributed by atoms with Gasteiger partial charge in [0.1, 0.15) is 11.4 Å². The van der Waals surface area contributed by atoms with Gasteiger partial charge in [-0.15, -0.1) is 0 Å². The fourth-order valence-corrected chi connectivity index (χ4v) is 3.75. The predicted molar refractivity (Wildman–Crippen MR) is 108 cm³/mol. The van der Waals surface area contributed by atoms with Crippen molar-refractivity contribution in [3.63, 3.8) is 0 Å². The van der Waals surface area contributed by atoms with E-state index < -0.39 is 11.8 Å². The molecule has 0 unspecified atom stereocenters. The number of fused-ring (bicyclic) bond motifs is 1. The Bertz CT molecular complexity index is 1130. The third kappa shape index (κ3) is 3.78. The van der Waals surface area contributed by atoms with Crippen molar-refractivity contribution in [2.45, 2.75) is 31.9 Å². The summed E-state index contributed by atoms with van der Waals surface area (Å²) in [4.78, 5) is 46.4. The van der Waals surface area contributed by atoms with Gasteiger partial charge in [0.2, 0.25) is 0 Å². The minimum Gasteiger partial charge on any atom is -0.481 e. The van der Waals surface area contributed by atoms with Crippen LogP contribution in [0.25, 0.3) is 11.0 Å². The molecule has 29 heavy (non-hydrogen) atoms. The van der Waals surface area contributed by atoms with E-state index in [0.29, 0.717) is 42.7 Å². The van der Waals surface area contributed by atoms with Crippen molar-refractivity contribution in [2.75, 3.05) is 13.1 Å². The number of pyridine rings is 1. The summed E-state index contributed by atoms with van der Waals surface area (Å²) in [5.74, 6) is 0.544. The molecule has 3 heterocycles. The van der Waals surface area contributed by atoms with E-state index in [-0.39, 0.29) is 17.5 Å². The first-order valence-electron chi connectivity index (χ1n) is 9.64. The van der Waals surface area contributed by atoms with Crippen LogP contribution in [0.5, 0.6) is 5.75 Å². The fraction of sp³-hybridized carbons (Fsp3) is 0.333.